The number of aromatic nitrogens is 1. The molecule has 2 rings (SSSR count). The number of carboxylic acid groups (broad SMARTS) is 1. The van der Waals surface area contributed by atoms with Gasteiger partial charge in [-0.15, -0.1) is 0 Å². The molecule has 0 bridgehead atoms. The van der Waals surface area contributed by atoms with Crippen LogP contribution in [-0.2, 0) is 11.2 Å². The second-order valence-corrected chi connectivity index (χ2v) is 5.23. The Bertz CT molecular complexity index is 648. The molecule has 0 spiro atoms. The molecule has 0 saturated heterocycles. The van der Waals surface area contributed by atoms with Crippen molar-refractivity contribution < 1.29 is 14.7 Å². The average molecular weight is 289 g/mol. The summed E-state index contributed by atoms with van der Waals surface area (Å²) < 4.78 is 0. The first-order valence-corrected chi connectivity index (χ1v) is 6.82. The molecule has 1 atom stereocenters. The van der Waals surface area contributed by atoms with Crippen LogP contribution in [0.15, 0.2) is 30.5 Å². The van der Waals surface area contributed by atoms with Crippen molar-refractivity contribution in [2.75, 3.05) is 0 Å². The number of aromatic amines is 1. The molecular weight excluding hydrogens is 270 g/mol. The minimum atomic E-state index is -1.06. The quantitative estimate of drug-likeness (QED) is 0.677. The van der Waals surface area contributed by atoms with Crippen molar-refractivity contribution in [3.8, 4) is 0 Å². The van der Waals surface area contributed by atoms with E-state index in [1.165, 1.54) is 0 Å². The first-order chi connectivity index (χ1) is 9.97. The van der Waals surface area contributed by atoms with Crippen LogP contribution in [0.5, 0.6) is 0 Å². The highest BCUT2D eigenvalue weighted by atomic mass is 16.4. The number of hydrogen-bond acceptors (Lipinski definition) is 2. The minimum absolute atomic E-state index is 0.0486. The number of amides is 2. The highest BCUT2D eigenvalue weighted by Crippen LogP contribution is 2.19. The molecule has 2 aromatic rings. The maximum absolute atomic E-state index is 11.7. The van der Waals surface area contributed by atoms with Crippen LogP contribution in [0.25, 0.3) is 10.9 Å². The average Bonchev–Trinajstić information content (AvgIpc) is 2.80. The van der Waals surface area contributed by atoms with E-state index in [2.05, 4.69) is 15.6 Å². The molecule has 4 N–H and O–H groups in total. The second-order valence-electron chi connectivity index (χ2n) is 5.23. The van der Waals surface area contributed by atoms with Gasteiger partial charge in [-0.3, -0.25) is 0 Å². The first kappa shape index (κ1) is 14.9. The molecule has 112 valence electrons. The summed E-state index contributed by atoms with van der Waals surface area (Å²) in [6.45, 7) is 3.63. The zero-order valence-corrected chi connectivity index (χ0v) is 12.0. The van der Waals surface area contributed by atoms with Gasteiger partial charge in [0.25, 0.3) is 0 Å². The Morgan fingerprint density at radius 3 is 2.62 bits per heavy atom. The highest BCUT2D eigenvalue weighted by molar-refractivity contribution is 5.86. The molecule has 0 aliphatic heterocycles. The van der Waals surface area contributed by atoms with E-state index in [1.54, 1.807) is 6.20 Å². The summed E-state index contributed by atoms with van der Waals surface area (Å²) in [5.74, 6) is -1.06. The summed E-state index contributed by atoms with van der Waals surface area (Å²) in [5, 5.41) is 15.4. The van der Waals surface area contributed by atoms with Gasteiger partial charge in [0.2, 0.25) is 0 Å². The number of carbonyl (C=O) groups is 2. The molecule has 0 radical (unpaired) electrons. The number of aliphatic carboxylic acids is 1. The number of fused-ring (bicyclic) bond motifs is 1. The SMILES string of the molecule is CC(C)NC(=O)NC(Cc1c[nH]c2ccccc12)C(=O)O. The number of urea groups is 1. The number of carbonyl (C=O) groups excluding carboxylic acids is 1. The molecular formula is C15H19N3O3. The maximum atomic E-state index is 11.7. The van der Waals surface area contributed by atoms with Crippen molar-refractivity contribution in [1.82, 2.24) is 15.6 Å². The van der Waals surface area contributed by atoms with Crippen LogP contribution in [0, 0.1) is 0 Å². The van der Waals surface area contributed by atoms with Crippen LogP contribution in [0.1, 0.15) is 19.4 Å². The van der Waals surface area contributed by atoms with Gasteiger partial charge in [0.05, 0.1) is 0 Å². The van der Waals surface area contributed by atoms with Gasteiger partial charge in [-0.05, 0) is 25.5 Å². The largest absolute Gasteiger partial charge is 0.480 e. The van der Waals surface area contributed by atoms with Gasteiger partial charge < -0.3 is 20.7 Å². The zero-order chi connectivity index (χ0) is 15.4. The molecule has 0 aliphatic carbocycles. The Labute approximate surface area is 122 Å². The highest BCUT2D eigenvalue weighted by Gasteiger charge is 2.21. The fourth-order valence-corrected chi connectivity index (χ4v) is 2.18. The number of rotatable bonds is 5. The summed E-state index contributed by atoms with van der Waals surface area (Å²) in [4.78, 5) is 26.1. The second kappa shape index (κ2) is 6.30. The Balaban J connectivity index is 2.13. The summed E-state index contributed by atoms with van der Waals surface area (Å²) in [7, 11) is 0. The lowest BCUT2D eigenvalue weighted by Gasteiger charge is -2.16. The summed E-state index contributed by atoms with van der Waals surface area (Å²) in [6, 6.07) is 6.16. The molecule has 1 aromatic carbocycles. The Hall–Kier alpha value is -2.50. The third kappa shape index (κ3) is 3.75. The predicted molar refractivity (Wildman–Crippen MR) is 80.2 cm³/mol. The monoisotopic (exact) mass is 289 g/mol. The van der Waals surface area contributed by atoms with Crippen molar-refractivity contribution in [2.24, 2.45) is 0 Å². The van der Waals surface area contributed by atoms with E-state index in [-0.39, 0.29) is 12.5 Å². The lowest BCUT2D eigenvalue weighted by atomic mass is 10.1. The molecule has 2 amide bonds. The Morgan fingerprint density at radius 1 is 1.24 bits per heavy atom. The van der Waals surface area contributed by atoms with Crippen LogP contribution in [0.3, 0.4) is 0 Å². The van der Waals surface area contributed by atoms with Gasteiger partial charge in [0, 0.05) is 29.6 Å². The van der Waals surface area contributed by atoms with E-state index >= 15 is 0 Å². The van der Waals surface area contributed by atoms with Gasteiger partial charge in [-0.1, -0.05) is 18.2 Å². The van der Waals surface area contributed by atoms with Crippen LogP contribution in [-0.4, -0.2) is 34.2 Å². The first-order valence-electron chi connectivity index (χ1n) is 6.82. The van der Waals surface area contributed by atoms with Crippen molar-refractivity contribution in [3.63, 3.8) is 0 Å². The smallest absolute Gasteiger partial charge is 0.326 e. The van der Waals surface area contributed by atoms with Crippen LogP contribution >= 0.6 is 0 Å². The van der Waals surface area contributed by atoms with E-state index in [1.807, 2.05) is 38.1 Å². The number of carboxylic acids is 1. The number of nitrogens with one attached hydrogen (secondary N) is 3. The molecule has 1 aromatic heterocycles. The molecule has 0 saturated carbocycles. The van der Waals surface area contributed by atoms with Gasteiger partial charge >= 0.3 is 12.0 Å². The van der Waals surface area contributed by atoms with Crippen molar-refractivity contribution >= 4 is 22.9 Å². The zero-order valence-electron chi connectivity index (χ0n) is 12.0. The van der Waals surface area contributed by atoms with E-state index in [4.69, 9.17) is 0 Å². The number of H-pyrrole nitrogens is 1. The molecule has 0 aliphatic rings. The van der Waals surface area contributed by atoms with E-state index in [0.717, 1.165) is 16.5 Å². The fraction of sp³-hybridized carbons (Fsp3) is 0.333. The lowest BCUT2D eigenvalue weighted by molar-refractivity contribution is -0.139. The van der Waals surface area contributed by atoms with E-state index in [0.29, 0.717) is 0 Å². The summed E-state index contributed by atoms with van der Waals surface area (Å²) in [6.07, 6.45) is 2.01. The van der Waals surface area contributed by atoms with Crippen LogP contribution < -0.4 is 10.6 Å². The van der Waals surface area contributed by atoms with Crippen LogP contribution in [0.4, 0.5) is 4.79 Å². The number of benzene rings is 1. The topological polar surface area (TPSA) is 94.2 Å². The molecule has 6 heteroatoms. The molecule has 1 heterocycles. The number of para-hydroxylation sites is 1. The maximum Gasteiger partial charge on any atom is 0.326 e. The fourth-order valence-electron chi connectivity index (χ4n) is 2.18. The normalized spacial score (nSPS) is 12.3. The van der Waals surface area contributed by atoms with E-state index in [9.17, 15) is 14.7 Å². The standard InChI is InChI=1S/C15H19N3O3/c1-9(2)17-15(21)18-13(14(19)20)7-10-8-16-12-6-4-3-5-11(10)12/h3-6,8-9,13,16H,7H2,1-2H3,(H,19,20)(H2,17,18,21). The van der Waals surface area contributed by atoms with Crippen molar-refractivity contribution in [1.29, 1.82) is 0 Å². The van der Waals surface area contributed by atoms with Gasteiger partial charge in [0.1, 0.15) is 6.04 Å². The molecule has 21 heavy (non-hydrogen) atoms. The molecule has 1 unspecified atom stereocenters. The predicted octanol–water partition coefficient (Wildman–Crippen LogP) is 1.87. The molecule has 6 nitrogen and oxygen atoms in total. The van der Waals surface area contributed by atoms with Crippen molar-refractivity contribution in [3.05, 3.63) is 36.0 Å². The summed E-state index contributed by atoms with van der Waals surface area (Å²) in [5.41, 5.74) is 1.81. The number of hydrogen-bond donors (Lipinski definition) is 4. The van der Waals surface area contributed by atoms with Crippen molar-refractivity contribution in [2.45, 2.75) is 32.4 Å². The third-order valence-electron chi connectivity index (χ3n) is 3.12. The van der Waals surface area contributed by atoms with Gasteiger partial charge in [-0.25, -0.2) is 9.59 Å². The summed E-state index contributed by atoms with van der Waals surface area (Å²) >= 11 is 0. The van der Waals surface area contributed by atoms with Gasteiger partial charge in [0.15, 0.2) is 0 Å². The third-order valence-corrected chi connectivity index (χ3v) is 3.12. The Morgan fingerprint density at radius 2 is 1.95 bits per heavy atom. The lowest BCUT2D eigenvalue weighted by Crippen LogP contribution is -2.48. The van der Waals surface area contributed by atoms with E-state index < -0.39 is 18.0 Å². The van der Waals surface area contributed by atoms with Gasteiger partial charge in [-0.2, -0.15) is 0 Å². The Kier molecular flexibility index (Phi) is 4.47. The minimum Gasteiger partial charge on any atom is -0.480 e. The molecule has 0 fully saturated rings. The van der Waals surface area contributed by atoms with Crippen LogP contribution in [0.2, 0.25) is 0 Å².